The standard InChI is InChI=1S/C15H14Br3NO/c1-2-20-10-4-6-12(14(18)8-10)15(19)11-5-3-9(16)7-13(11)17/h3-8,15H,2,19H2,1H3. The van der Waals surface area contributed by atoms with Crippen molar-refractivity contribution < 1.29 is 4.74 Å². The van der Waals surface area contributed by atoms with E-state index in [1.807, 2.05) is 43.3 Å². The third-order valence-corrected chi connectivity index (χ3v) is 4.78. The Labute approximate surface area is 144 Å². The largest absolute Gasteiger partial charge is 0.494 e. The van der Waals surface area contributed by atoms with Gasteiger partial charge in [0.05, 0.1) is 12.6 Å². The molecular formula is C15H14Br3NO. The maximum absolute atomic E-state index is 6.38. The average molecular weight is 464 g/mol. The quantitative estimate of drug-likeness (QED) is 0.657. The smallest absolute Gasteiger partial charge is 0.120 e. The fraction of sp³-hybridized carbons (Fsp3) is 0.200. The van der Waals surface area contributed by atoms with E-state index in [1.54, 1.807) is 0 Å². The summed E-state index contributed by atoms with van der Waals surface area (Å²) in [5, 5.41) is 0. The number of nitrogens with two attached hydrogens (primary N) is 1. The fourth-order valence-corrected chi connectivity index (χ4v) is 3.84. The molecular weight excluding hydrogens is 450 g/mol. The summed E-state index contributed by atoms with van der Waals surface area (Å²) in [6, 6.07) is 11.7. The van der Waals surface area contributed by atoms with Crippen molar-refractivity contribution in [1.29, 1.82) is 0 Å². The van der Waals surface area contributed by atoms with Gasteiger partial charge in [-0.1, -0.05) is 59.9 Å². The third-order valence-electron chi connectivity index (χ3n) is 2.92. The molecule has 2 aromatic rings. The van der Waals surface area contributed by atoms with Crippen LogP contribution >= 0.6 is 47.8 Å². The molecule has 0 saturated carbocycles. The van der Waals surface area contributed by atoms with Gasteiger partial charge in [-0.2, -0.15) is 0 Å². The van der Waals surface area contributed by atoms with Gasteiger partial charge in [0.25, 0.3) is 0 Å². The summed E-state index contributed by atoms with van der Waals surface area (Å²) in [6.07, 6.45) is 0. The Morgan fingerprint density at radius 2 is 1.60 bits per heavy atom. The van der Waals surface area contributed by atoms with Crippen molar-refractivity contribution in [2.24, 2.45) is 5.73 Å². The van der Waals surface area contributed by atoms with Crippen LogP contribution in [0.1, 0.15) is 24.1 Å². The van der Waals surface area contributed by atoms with Crippen LogP contribution in [0.4, 0.5) is 0 Å². The van der Waals surface area contributed by atoms with Gasteiger partial charge in [0.2, 0.25) is 0 Å². The average Bonchev–Trinajstić information content (AvgIpc) is 2.38. The molecule has 0 saturated heterocycles. The van der Waals surface area contributed by atoms with E-state index in [9.17, 15) is 0 Å². The summed E-state index contributed by atoms with van der Waals surface area (Å²) in [5.74, 6) is 0.838. The van der Waals surface area contributed by atoms with E-state index >= 15 is 0 Å². The molecule has 0 fully saturated rings. The van der Waals surface area contributed by atoms with Crippen LogP contribution in [0, 0.1) is 0 Å². The van der Waals surface area contributed by atoms with E-state index in [-0.39, 0.29) is 6.04 Å². The van der Waals surface area contributed by atoms with E-state index in [1.165, 1.54) is 0 Å². The van der Waals surface area contributed by atoms with E-state index in [0.29, 0.717) is 6.61 Å². The van der Waals surface area contributed by atoms with Gasteiger partial charge in [0.1, 0.15) is 5.75 Å². The van der Waals surface area contributed by atoms with Crippen LogP contribution in [-0.4, -0.2) is 6.61 Å². The van der Waals surface area contributed by atoms with Crippen LogP contribution < -0.4 is 10.5 Å². The van der Waals surface area contributed by atoms with Crippen molar-refractivity contribution in [3.05, 3.63) is 60.9 Å². The van der Waals surface area contributed by atoms with E-state index < -0.39 is 0 Å². The van der Waals surface area contributed by atoms with Crippen LogP contribution in [0.3, 0.4) is 0 Å². The Hall–Kier alpha value is -0.360. The van der Waals surface area contributed by atoms with Crippen LogP contribution in [0.2, 0.25) is 0 Å². The van der Waals surface area contributed by atoms with Crippen molar-refractivity contribution in [3.8, 4) is 5.75 Å². The van der Waals surface area contributed by atoms with Gasteiger partial charge in [-0.15, -0.1) is 0 Å². The number of benzene rings is 2. The molecule has 0 spiro atoms. The summed E-state index contributed by atoms with van der Waals surface area (Å²) in [7, 11) is 0. The van der Waals surface area contributed by atoms with Gasteiger partial charge in [0.15, 0.2) is 0 Å². The zero-order valence-corrected chi connectivity index (χ0v) is 15.6. The first-order valence-corrected chi connectivity index (χ1v) is 8.53. The van der Waals surface area contributed by atoms with Gasteiger partial charge in [-0.05, 0) is 42.3 Å². The molecule has 0 aliphatic carbocycles. The lowest BCUT2D eigenvalue weighted by atomic mass is 10.00. The van der Waals surface area contributed by atoms with Crippen LogP contribution in [-0.2, 0) is 0 Å². The predicted octanol–water partition coefficient (Wildman–Crippen LogP) is 5.42. The zero-order chi connectivity index (χ0) is 14.7. The molecule has 106 valence electrons. The monoisotopic (exact) mass is 461 g/mol. The topological polar surface area (TPSA) is 35.2 Å². The second-order valence-electron chi connectivity index (χ2n) is 4.26. The predicted molar refractivity (Wildman–Crippen MR) is 93.2 cm³/mol. The maximum atomic E-state index is 6.38. The minimum Gasteiger partial charge on any atom is -0.494 e. The number of halogens is 3. The third kappa shape index (κ3) is 3.64. The van der Waals surface area contributed by atoms with Gasteiger partial charge >= 0.3 is 0 Å². The van der Waals surface area contributed by atoms with Crippen molar-refractivity contribution >= 4 is 47.8 Å². The molecule has 20 heavy (non-hydrogen) atoms. The molecule has 1 unspecified atom stereocenters. The molecule has 0 aromatic heterocycles. The summed E-state index contributed by atoms with van der Waals surface area (Å²) >= 11 is 10.6. The Kier molecular flexibility index (Phi) is 5.66. The lowest BCUT2D eigenvalue weighted by molar-refractivity contribution is 0.340. The van der Waals surface area contributed by atoms with Crippen LogP contribution in [0.25, 0.3) is 0 Å². The van der Waals surface area contributed by atoms with Gasteiger partial charge in [-0.25, -0.2) is 0 Å². The lowest BCUT2D eigenvalue weighted by Crippen LogP contribution is -2.13. The van der Waals surface area contributed by atoms with Crippen molar-refractivity contribution in [2.75, 3.05) is 6.61 Å². The molecule has 2 nitrogen and oxygen atoms in total. The SMILES string of the molecule is CCOc1ccc(C(N)c2ccc(Br)cc2Br)c(Br)c1. The number of rotatable bonds is 4. The van der Waals surface area contributed by atoms with Crippen molar-refractivity contribution in [1.82, 2.24) is 0 Å². The van der Waals surface area contributed by atoms with E-state index in [4.69, 9.17) is 10.5 Å². The summed E-state index contributed by atoms with van der Waals surface area (Å²) < 4.78 is 8.44. The van der Waals surface area contributed by atoms with Crippen LogP contribution in [0.5, 0.6) is 5.75 Å². The Bertz CT molecular complexity index is 616. The number of hydrogen-bond acceptors (Lipinski definition) is 2. The zero-order valence-electron chi connectivity index (χ0n) is 10.9. The first-order valence-electron chi connectivity index (χ1n) is 6.15. The maximum Gasteiger partial charge on any atom is 0.120 e. The first-order chi connectivity index (χ1) is 9.52. The van der Waals surface area contributed by atoms with E-state index in [0.717, 1.165) is 30.3 Å². The van der Waals surface area contributed by atoms with Crippen molar-refractivity contribution in [2.45, 2.75) is 13.0 Å². The Balaban J connectivity index is 2.35. The molecule has 0 radical (unpaired) electrons. The minimum atomic E-state index is -0.206. The molecule has 2 N–H and O–H groups in total. The molecule has 0 bridgehead atoms. The molecule has 0 amide bonds. The van der Waals surface area contributed by atoms with Crippen LogP contribution in [0.15, 0.2) is 49.8 Å². The van der Waals surface area contributed by atoms with Gasteiger partial charge in [-0.3, -0.25) is 0 Å². The minimum absolute atomic E-state index is 0.206. The number of ether oxygens (including phenoxy) is 1. The highest BCUT2D eigenvalue weighted by molar-refractivity contribution is 9.11. The highest BCUT2D eigenvalue weighted by Gasteiger charge is 2.15. The van der Waals surface area contributed by atoms with Gasteiger partial charge in [0, 0.05) is 13.4 Å². The Morgan fingerprint density at radius 3 is 2.15 bits per heavy atom. The summed E-state index contributed by atoms with van der Waals surface area (Å²) in [5.41, 5.74) is 8.44. The first kappa shape index (κ1) is 16.0. The summed E-state index contributed by atoms with van der Waals surface area (Å²) in [4.78, 5) is 0. The molecule has 2 aromatic carbocycles. The summed E-state index contributed by atoms with van der Waals surface area (Å²) in [6.45, 7) is 2.61. The van der Waals surface area contributed by atoms with E-state index in [2.05, 4.69) is 47.8 Å². The molecule has 5 heteroatoms. The molecule has 2 rings (SSSR count). The second kappa shape index (κ2) is 7.07. The second-order valence-corrected chi connectivity index (χ2v) is 6.88. The van der Waals surface area contributed by atoms with Gasteiger partial charge < -0.3 is 10.5 Å². The molecule has 0 aliphatic heterocycles. The highest BCUT2D eigenvalue weighted by atomic mass is 79.9. The molecule has 1 atom stereocenters. The molecule has 0 heterocycles. The normalized spacial score (nSPS) is 12.2. The van der Waals surface area contributed by atoms with Crippen molar-refractivity contribution in [3.63, 3.8) is 0 Å². The molecule has 0 aliphatic rings. The lowest BCUT2D eigenvalue weighted by Gasteiger charge is -2.17. The highest BCUT2D eigenvalue weighted by Crippen LogP contribution is 2.34. The fourth-order valence-electron chi connectivity index (χ4n) is 1.94. The number of hydrogen-bond donors (Lipinski definition) is 1. The Morgan fingerprint density at radius 1 is 1.00 bits per heavy atom.